The number of rotatable bonds is 7. The van der Waals surface area contributed by atoms with Gasteiger partial charge in [0, 0.05) is 44.7 Å². The van der Waals surface area contributed by atoms with Crippen molar-refractivity contribution in [1.29, 1.82) is 0 Å². The molecule has 0 atom stereocenters. The minimum absolute atomic E-state index is 0. The van der Waals surface area contributed by atoms with Crippen LogP contribution in [-0.4, -0.2) is 38.1 Å². The van der Waals surface area contributed by atoms with E-state index in [0.29, 0.717) is 6.54 Å². The van der Waals surface area contributed by atoms with Crippen LogP contribution in [0.2, 0.25) is 0 Å². The van der Waals surface area contributed by atoms with E-state index in [9.17, 15) is 0 Å². The Balaban J connectivity index is 0.00000312. The van der Waals surface area contributed by atoms with Crippen LogP contribution in [0.1, 0.15) is 23.2 Å². The number of anilines is 1. The van der Waals surface area contributed by atoms with Crippen molar-refractivity contribution in [3.05, 3.63) is 45.9 Å². The minimum Gasteiger partial charge on any atom is -0.378 e. The molecule has 5 nitrogen and oxygen atoms in total. The van der Waals surface area contributed by atoms with Gasteiger partial charge in [0.2, 0.25) is 0 Å². The summed E-state index contributed by atoms with van der Waals surface area (Å²) in [5, 5.41) is 9.91. The van der Waals surface area contributed by atoms with Crippen LogP contribution in [0.5, 0.6) is 0 Å². The molecule has 1 heterocycles. The lowest BCUT2D eigenvalue weighted by molar-refractivity contribution is 0.790. The van der Waals surface area contributed by atoms with Crippen molar-refractivity contribution >= 4 is 47.0 Å². The molecule has 0 aliphatic heterocycles. The SMILES string of the molecule is CCNC(=NCc1cccc(N(C)C)c1)NCCc1csc(C)n1.I. The van der Waals surface area contributed by atoms with E-state index < -0.39 is 0 Å². The Morgan fingerprint density at radius 3 is 2.72 bits per heavy atom. The van der Waals surface area contributed by atoms with Gasteiger partial charge in [0.25, 0.3) is 0 Å². The first kappa shape index (κ1) is 21.7. The Bertz CT molecular complexity index is 669. The quantitative estimate of drug-likeness (QED) is 0.368. The first-order chi connectivity index (χ1) is 11.6. The third-order valence-corrected chi connectivity index (χ3v) is 4.35. The van der Waals surface area contributed by atoms with Crippen molar-refractivity contribution in [2.45, 2.75) is 26.8 Å². The topological polar surface area (TPSA) is 52.6 Å². The van der Waals surface area contributed by atoms with Crippen LogP contribution in [0, 0.1) is 6.92 Å². The Hall–Kier alpha value is -1.35. The molecule has 0 unspecified atom stereocenters. The molecule has 138 valence electrons. The fraction of sp³-hybridized carbons (Fsp3) is 0.444. The largest absolute Gasteiger partial charge is 0.378 e. The van der Waals surface area contributed by atoms with E-state index in [0.717, 1.165) is 36.2 Å². The summed E-state index contributed by atoms with van der Waals surface area (Å²) in [5.74, 6) is 0.847. The number of aromatic nitrogens is 1. The van der Waals surface area contributed by atoms with E-state index in [1.165, 1.54) is 11.3 Å². The van der Waals surface area contributed by atoms with E-state index in [4.69, 9.17) is 0 Å². The van der Waals surface area contributed by atoms with Crippen LogP contribution in [0.4, 0.5) is 5.69 Å². The second-order valence-electron chi connectivity index (χ2n) is 5.79. The van der Waals surface area contributed by atoms with Crippen molar-refractivity contribution < 1.29 is 0 Å². The summed E-state index contributed by atoms with van der Waals surface area (Å²) in [4.78, 5) is 11.3. The van der Waals surface area contributed by atoms with Crippen molar-refractivity contribution in [3.63, 3.8) is 0 Å². The molecule has 0 amide bonds. The van der Waals surface area contributed by atoms with Gasteiger partial charge in [-0.15, -0.1) is 35.3 Å². The third kappa shape index (κ3) is 7.60. The van der Waals surface area contributed by atoms with Gasteiger partial charge in [-0.1, -0.05) is 12.1 Å². The van der Waals surface area contributed by atoms with Gasteiger partial charge in [-0.25, -0.2) is 9.98 Å². The maximum absolute atomic E-state index is 4.68. The Kier molecular flexibility index (Phi) is 9.81. The van der Waals surface area contributed by atoms with Gasteiger partial charge in [0.15, 0.2) is 5.96 Å². The molecule has 0 fully saturated rings. The highest BCUT2D eigenvalue weighted by atomic mass is 127. The third-order valence-electron chi connectivity index (χ3n) is 3.53. The van der Waals surface area contributed by atoms with Crippen LogP contribution in [0.25, 0.3) is 0 Å². The molecular weight excluding hydrogens is 445 g/mol. The lowest BCUT2D eigenvalue weighted by atomic mass is 10.2. The first-order valence-electron chi connectivity index (χ1n) is 8.28. The van der Waals surface area contributed by atoms with Gasteiger partial charge in [0.1, 0.15) is 0 Å². The number of hydrogen-bond acceptors (Lipinski definition) is 4. The van der Waals surface area contributed by atoms with Gasteiger partial charge in [-0.2, -0.15) is 0 Å². The molecule has 2 aromatic rings. The maximum atomic E-state index is 4.68. The number of aryl methyl sites for hydroxylation is 1. The molecule has 1 aromatic carbocycles. The van der Waals surface area contributed by atoms with E-state index in [1.54, 1.807) is 11.3 Å². The lowest BCUT2D eigenvalue weighted by Gasteiger charge is -2.14. The summed E-state index contributed by atoms with van der Waals surface area (Å²) < 4.78 is 0. The predicted molar refractivity (Wildman–Crippen MR) is 120 cm³/mol. The second-order valence-corrected chi connectivity index (χ2v) is 6.86. The molecule has 0 saturated carbocycles. The summed E-state index contributed by atoms with van der Waals surface area (Å²) >= 11 is 1.70. The molecule has 0 bridgehead atoms. The van der Waals surface area contributed by atoms with Crippen LogP contribution in [0.3, 0.4) is 0 Å². The van der Waals surface area contributed by atoms with Gasteiger partial charge >= 0.3 is 0 Å². The summed E-state index contributed by atoms with van der Waals surface area (Å²) in [6.45, 7) is 6.45. The number of nitrogens with zero attached hydrogens (tertiary/aromatic N) is 3. The number of guanidine groups is 1. The molecular formula is C18H28IN5S. The normalized spacial score (nSPS) is 11.0. The average Bonchev–Trinajstić information content (AvgIpc) is 2.98. The molecule has 0 aliphatic carbocycles. The molecule has 1 aromatic heterocycles. The molecule has 0 spiro atoms. The van der Waals surface area contributed by atoms with Crippen molar-refractivity contribution in [2.24, 2.45) is 4.99 Å². The van der Waals surface area contributed by atoms with Crippen LogP contribution < -0.4 is 15.5 Å². The Morgan fingerprint density at radius 2 is 2.08 bits per heavy atom. The summed E-state index contributed by atoms with van der Waals surface area (Å²) in [7, 11) is 4.10. The maximum Gasteiger partial charge on any atom is 0.191 e. The molecule has 0 radical (unpaired) electrons. The van der Waals surface area contributed by atoms with Gasteiger partial charge in [-0.05, 0) is 31.5 Å². The van der Waals surface area contributed by atoms with Crippen LogP contribution in [0.15, 0.2) is 34.6 Å². The number of benzene rings is 1. The van der Waals surface area contributed by atoms with E-state index >= 15 is 0 Å². The first-order valence-corrected chi connectivity index (χ1v) is 9.16. The van der Waals surface area contributed by atoms with Gasteiger partial charge in [0.05, 0.1) is 17.2 Å². The zero-order valence-corrected chi connectivity index (χ0v) is 18.5. The van der Waals surface area contributed by atoms with Gasteiger partial charge < -0.3 is 15.5 Å². The predicted octanol–water partition coefficient (Wildman–Crippen LogP) is 3.43. The number of nitrogens with one attached hydrogen (secondary N) is 2. The van der Waals surface area contributed by atoms with Crippen molar-refractivity contribution in [1.82, 2.24) is 15.6 Å². The molecule has 7 heteroatoms. The fourth-order valence-electron chi connectivity index (χ4n) is 2.28. The zero-order valence-electron chi connectivity index (χ0n) is 15.4. The van der Waals surface area contributed by atoms with Crippen LogP contribution in [-0.2, 0) is 13.0 Å². The number of aliphatic imine (C=N–C) groups is 1. The Morgan fingerprint density at radius 1 is 1.28 bits per heavy atom. The summed E-state index contributed by atoms with van der Waals surface area (Å²) in [6, 6.07) is 8.46. The number of halogens is 1. The molecule has 2 rings (SSSR count). The highest BCUT2D eigenvalue weighted by molar-refractivity contribution is 14.0. The second kappa shape index (κ2) is 11.3. The van der Waals surface area contributed by atoms with Crippen molar-refractivity contribution in [2.75, 3.05) is 32.1 Å². The summed E-state index contributed by atoms with van der Waals surface area (Å²) in [5.41, 5.74) is 3.53. The zero-order chi connectivity index (χ0) is 17.4. The monoisotopic (exact) mass is 473 g/mol. The van der Waals surface area contributed by atoms with Crippen molar-refractivity contribution in [3.8, 4) is 0 Å². The van der Waals surface area contributed by atoms with Crippen LogP contribution >= 0.6 is 35.3 Å². The fourth-order valence-corrected chi connectivity index (χ4v) is 2.92. The smallest absolute Gasteiger partial charge is 0.191 e. The lowest BCUT2D eigenvalue weighted by Crippen LogP contribution is -2.38. The molecule has 2 N–H and O–H groups in total. The molecule has 0 aliphatic rings. The number of hydrogen-bond donors (Lipinski definition) is 2. The molecule has 0 saturated heterocycles. The number of thiazole rings is 1. The summed E-state index contributed by atoms with van der Waals surface area (Å²) in [6.07, 6.45) is 0.908. The van der Waals surface area contributed by atoms with Gasteiger partial charge in [-0.3, -0.25) is 0 Å². The average molecular weight is 473 g/mol. The van der Waals surface area contributed by atoms with E-state index in [2.05, 4.69) is 62.1 Å². The highest BCUT2D eigenvalue weighted by Gasteiger charge is 2.02. The Labute approximate surface area is 172 Å². The highest BCUT2D eigenvalue weighted by Crippen LogP contribution is 2.14. The standard InChI is InChI=1S/C18H27N5S.HI/c1-5-19-18(20-10-9-16-13-24-14(2)22-16)21-12-15-7-6-8-17(11-15)23(3)4;/h6-8,11,13H,5,9-10,12H2,1-4H3,(H2,19,20,21);1H. The molecule has 25 heavy (non-hydrogen) atoms. The van der Waals surface area contributed by atoms with E-state index in [1.807, 2.05) is 21.0 Å². The van der Waals surface area contributed by atoms with E-state index in [-0.39, 0.29) is 24.0 Å². The minimum atomic E-state index is 0.